The third kappa shape index (κ3) is 6.81. The van der Waals surface area contributed by atoms with E-state index in [4.69, 9.17) is 9.90 Å². The van der Waals surface area contributed by atoms with Crippen molar-refractivity contribution in [1.82, 2.24) is 20.3 Å². The number of carbonyl (C=O) groups excluding carboxylic acids is 1. The highest BCUT2D eigenvalue weighted by molar-refractivity contribution is 6.04. The Hall–Kier alpha value is -3.86. The lowest BCUT2D eigenvalue weighted by Crippen LogP contribution is -2.21. The number of hydrogen-bond acceptors (Lipinski definition) is 6. The minimum absolute atomic E-state index is 0.148. The van der Waals surface area contributed by atoms with E-state index in [-0.39, 0.29) is 5.91 Å². The van der Waals surface area contributed by atoms with Gasteiger partial charge in [0.1, 0.15) is 5.82 Å². The van der Waals surface area contributed by atoms with Crippen LogP contribution in [0.2, 0.25) is 0 Å². The maximum absolute atomic E-state index is 12.6. The van der Waals surface area contributed by atoms with Crippen molar-refractivity contribution in [1.29, 1.82) is 0 Å². The van der Waals surface area contributed by atoms with Crippen LogP contribution >= 0.6 is 0 Å². The zero-order valence-corrected chi connectivity index (χ0v) is 17.3. The van der Waals surface area contributed by atoms with Crippen molar-refractivity contribution in [3.63, 3.8) is 0 Å². The smallest absolute Gasteiger partial charge is 0.475 e. The third-order valence-electron chi connectivity index (χ3n) is 4.72. The van der Waals surface area contributed by atoms with Crippen LogP contribution in [0.3, 0.4) is 0 Å². The molecule has 33 heavy (non-hydrogen) atoms. The summed E-state index contributed by atoms with van der Waals surface area (Å²) in [4.78, 5) is 34.1. The molecule has 0 aliphatic carbocycles. The summed E-state index contributed by atoms with van der Waals surface area (Å²) in [5.74, 6) is -2.39. The fourth-order valence-electron chi connectivity index (χ4n) is 3.07. The first kappa shape index (κ1) is 23.8. The van der Waals surface area contributed by atoms with Crippen LogP contribution in [-0.2, 0) is 17.6 Å². The first-order valence-electron chi connectivity index (χ1n) is 9.90. The summed E-state index contributed by atoms with van der Waals surface area (Å²) in [5.41, 5.74) is 4.82. The van der Waals surface area contributed by atoms with Gasteiger partial charge in [-0.3, -0.25) is 14.8 Å². The number of nitrogens with zero attached hydrogens (tertiary/aromatic N) is 3. The number of pyridine rings is 1. The maximum Gasteiger partial charge on any atom is 0.490 e. The van der Waals surface area contributed by atoms with Crippen LogP contribution in [0.4, 0.5) is 19.0 Å². The zero-order valence-electron chi connectivity index (χ0n) is 17.3. The lowest BCUT2D eigenvalue weighted by atomic mass is 10.00. The van der Waals surface area contributed by atoms with Crippen molar-refractivity contribution in [3.05, 3.63) is 71.8 Å². The van der Waals surface area contributed by atoms with Gasteiger partial charge in [-0.15, -0.1) is 0 Å². The summed E-state index contributed by atoms with van der Waals surface area (Å²) < 4.78 is 31.7. The number of carboxylic acids is 1. The molecule has 3 heterocycles. The molecule has 1 aromatic carbocycles. The topological polar surface area (TPSA) is 117 Å². The van der Waals surface area contributed by atoms with Gasteiger partial charge in [-0.05, 0) is 61.3 Å². The lowest BCUT2D eigenvalue weighted by Gasteiger charge is -2.09. The molecule has 2 aromatic heterocycles. The Morgan fingerprint density at radius 2 is 1.70 bits per heavy atom. The van der Waals surface area contributed by atoms with Gasteiger partial charge in [0.25, 0.3) is 5.91 Å². The molecule has 0 fully saturated rings. The number of hydrogen-bond donors (Lipinski definition) is 3. The molecule has 0 bridgehead atoms. The summed E-state index contributed by atoms with van der Waals surface area (Å²) in [6, 6.07) is 9.57. The molecule has 0 saturated heterocycles. The van der Waals surface area contributed by atoms with Gasteiger partial charge in [-0.25, -0.2) is 9.78 Å². The van der Waals surface area contributed by atoms with Gasteiger partial charge in [-0.2, -0.15) is 13.2 Å². The molecule has 172 valence electrons. The Morgan fingerprint density at radius 1 is 0.970 bits per heavy atom. The quantitative estimate of drug-likeness (QED) is 0.551. The van der Waals surface area contributed by atoms with Crippen molar-refractivity contribution < 1.29 is 27.9 Å². The number of alkyl halides is 3. The molecule has 1 aliphatic rings. The number of halogens is 3. The molecule has 1 aliphatic heterocycles. The molecule has 0 unspecified atom stereocenters. The van der Waals surface area contributed by atoms with E-state index in [1.54, 1.807) is 30.9 Å². The second-order valence-electron chi connectivity index (χ2n) is 7.01. The van der Waals surface area contributed by atoms with Crippen molar-refractivity contribution in [2.75, 3.05) is 18.4 Å². The average molecular weight is 459 g/mol. The van der Waals surface area contributed by atoms with Crippen molar-refractivity contribution in [2.45, 2.75) is 19.0 Å². The molecule has 0 radical (unpaired) electrons. The fraction of sp³-hybridized carbons (Fsp3) is 0.227. The number of nitrogens with one attached hydrogen (secondary N) is 2. The normalized spacial score (nSPS) is 13.1. The number of amides is 1. The lowest BCUT2D eigenvalue weighted by molar-refractivity contribution is -0.192. The van der Waals surface area contributed by atoms with Gasteiger partial charge in [0.2, 0.25) is 0 Å². The Labute approximate surface area is 186 Å². The number of aromatic nitrogens is 3. The number of fused-ring (bicyclic) bond motifs is 1. The minimum Gasteiger partial charge on any atom is -0.475 e. The Bertz CT molecular complexity index is 1110. The van der Waals surface area contributed by atoms with Crippen molar-refractivity contribution in [3.8, 4) is 11.3 Å². The van der Waals surface area contributed by atoms with E-state index in [0.29, 0.717) is 11.4 Å². The van der Waals surface area contributed by atoms with Crippen LogP contribution < -0.4 is 10.6 Å². The zero-order chi connectivity index (χ0) is 23.8. The fourth-order valence-corrected chi connectivity index (χ4v) is 3.07. The third-order valence-corrected chi connectivity index (χ3v) is 4.72. The largest absolute Gasteiger partial charge is 0.490 e. The number of anilines is 1. The summed E-state index contributed by atoms with van der Waals surface area (Å²) in [6.07, 6.45) is 3.49. The van der Waals surface area contributed by atoms with Gasteiger partial charge in [0.05, 0.1) is 11.9 Å². The van der Waals surface area contributed by atoms with Gasteiger partial charge in [0, 0.05) is 29.7 Å². The molecule has 0 saturated carbocycles. The predicted octanol–water partition coefficient (Wildman–Crippen LogP) is 3.11. The summed E-state index contributed by atoms with van der Waals surface area (Å²) in [5, 5.41) is 13.4. The molecule has 1 amide bonds. The first-order valence-corrected chi connectivity index (χ1v) is 9.90. The second-order valence-corrected chi connectivity index (χ2v) is 7.01. The van der Waals surface area contributed by atoms with Crippen LogP contribution in [-0.4, -0.2) is 51.2 Å². The molecule has 0 atom stereocenters. The summed E-state index contributed by atoms with van der Waals surface area (Å²) in [7, 11) is 0. The first-order chi connectivity index (χ1) is 15.7. The molecular formula is C22H20F3N5O3. The van der Waals surface area contributed by atoms with E-state index in [9.17, 15) is 18.0 Å². The standard InChI is InChI=1S/C20H19N5O.C2HF3O2/c26-20(16-2-1-14-5-7-21-8-6-15(14)11-16)25-19-4-3-17(12-24-19)18-13-22-9-10-23-18;3-2(4,5)1(6)7/h1-4,9-13,21H,5-8H2,(H,24,25,26);(H,6,7). The van der Waals surface area contributed by atoms with Gasteiger partial charge < -0.3 is 15.7 Å². The summed E-state index contributed by atoms with van der Waals surface area (Å²) >= 11 is 0. The number of rotatable bonds is 3. The molecule has 3 N–H and O–H groups in total. The summed E-state index contributed by atoms with van der Waals surface area (Å²) in [6.45, 7) is 1.93. The van der Waals surface area contributed by atoms with Gasteiger partial charge >= 0.3 is 12.1 Å². The van der Waals surface area contributed by atoms with E-state index < -0.39 is 12.1 Å². The minimum atomic E-state index is -5.08. The van der Waals surface area contributed by atoms with E-state index >= 15 is 0 Å². The van der Waals surface area contributed by atoms with E-state index in [2.05, 4.69) is 31.7 Å². The average Bonchev–Trinajstić information content (AvgIpc) is 3.05. The van der Waals surface area contributed by atoms with Crippen LogP contribution in [0, 0.1) is 0 Å². The highest BCUT2D eigenvalue weighted by Crippen LogP contribution is 2.18. The molecule has 4 rings (SSSR count). The van der Waals surface area contributed by atoms with Crippen LogP contribution in [0.1, 0.15) is 21.5 Å². The van der Waals surface area contributed by atoms with E-state index in [1.807, 2.05) is 18.2 Å². The van der Waals surface area contributed by atoms with Gasteiger partial charge in [0.15, 0.2) is 0 Å². The highest BCUT2D eigenvalue weighted by atomic mass is 19.4. The molecule has 11 heteroatoms. The molecule has 0 spiro atoms. The number of benzene rings is 1. The maximum atomic E-state index is 12.6. The van der Waals surface area contributed by atoms with Crippen LogP contribution in [0.25, 0.3) is 11.3 Å². The van der Waals surface area contributed by atoms with Gasteiger partial charge in [-0.1, -0.05) is 6.07 Å². The number of aliphatic carboxylic acids is 1. The monoisotopic (exact) mass is 459 g/mol. The number of carboxylic acid groups (broad SMARTS) is 1. The van der Waals surface area contributed by atoms with Crippen LogP contribution in [0.15, 0.2) is 55.1 Å². The Balaban J connectivity index is 0.000000383. The van der Waals surface area contributed by atoms with Crippen molar-refractivity contribution >= 4 is 17.7 Å². The van der Waals surface area contributed by atoms with Crippen LogP contribution in [0.5, 0.6) is 0 Å². The predicted molar refractivity (Wildman–Crippen MR) is 114 cm³/mol. The Morgan fingerprint density at radius 3 is 2.30 bits per heavy atom. The number of carbonyl (C=O) groups is 2. The SMILES string of the molecule is O=C(Nc1ccc(-c2cnccn2)cn1)c1ccc2c(c1)CCNCC2.O=C(O)C(F)(F)F. The van der Waals surface area contributed by atoms with E-state index in [0.717, 1.165) is 37.2 Å². The van der Waals surface area contributed by atoms with Crippen molar-refractivity contribution in [2.24, 2.45) is 0 Å². The second kappa shape index (κ2) is 10.6. The Kier molecular flexibility index (Phi) is 7.67. The molecule has 8 nitrogen and oxygen atoms in total. The molecule has 3 aromatic rings. The molecular weight excluding hydrogens is 439 g/mol. The van der Waals surface area contributed by atoms with E-state index in [1.165, 1.54) is 11.1 Å². The highest BCUT2D eigenvalue weighted by Gasteiger charge is 2.38.